The van der Waals surface area contributed by atoms with Crippen LogP contribution in [0.3, 0.4) is 0 Å². The molecule has 8 aromatic carbocycles. The zero-order valence-corrected chi connectivity index (χ0v) is 67.1. The molecule has 113 heavy (non-hydrogen) atoms. The van der Waals surface area contributed by atoms with E-state index in [0.29, 0.717) is 47.3 Å². The van der Waals surface area contributed by atoms with E-state index in [4.69, 9.17) is 9.47 Å². The van der Waals surface area contributed by atoms with Crippen molar-refractivity contribution in [3.63, 3.8) is 0 Å². The summed E-state index contributed by atoms with van der Waals surface area (Å²) in [6.07, 6.45) is 20.2. The Balaban J connectivity index is 0.715. The van der Waals surface area contributed by atoms with Crippen LogP contribution in [0.15, 0.2) is 225 Å². The van der Waals surface area contributed by atoms with Gasteiger partial charge >= 0.3 is 0 Å². The molecule has 10 nitrogen and oxygen atoms in total. The predicted molar refractivity (Wildman–Crippen MR) is 475 cm³/mol. The van der Waals surface area contributed by atoms with E-state index in [1.54, 1.807) is 22.7 Å². The van der Waals surface area contributed by atoms with Crippen molar-refractivity contribution in [2.75, 3.05) is 13.2 Å². The van der Waals surface area contributed by atoms with E-state index in [9.17, 15) is 0 Å². The topological polar surface area (TPSA) is 104 Å². The Morgan fingerprint density at radius 1 is 0.327 bits per heavy atom. The average molecular weight is 1520 g/mol. The van der Waals surface area contributed by atoms with Gasteiger partial charge in [0.2, 0.25) is 0 Å². The zero-order valence-electron chi connectivity index (χ0n) is 65.5. The third kappa shape index (κ3) is 11.6. The molecule has 12 heteroatoms. The molecule has 0 fully saturated rings. The van der Waals surface area contributed by atoms with Crippen molar-refractivity contribution >= 4 is 110 Å². The van der Waals surface area contributed by atoms with Crippen LogP contribution in [0.25, 0.3) is 162 Å². The fourth-order valence-electron chi connectivity index (χ4n) is 19.7. The maximum absolute atomic E-state index is 16.2. The Bertz CT molecular complexity index is 6480. The number of ether oxygens (including phenoxy) is 2. The van der Waals surface area contributed by atoms with E-state index in [1.165, 1.54) is 47.9 Å². The Morgan fingerprint density at radius 2 is 0.646 bits per heavy atom. The fraction of sp³-hybridized carbons (Fsp3) is 0.287. The number of benzene rings is 8. The van der Waals surface area contributed by atoms with E-state index in [0.717, 1.165) is 230 Å². The lowest BCUT2D eigenvalue weighted by Crippen LogP contribution is -2.25. The van der Waals surface area contributed by atoms with Crippen LogP contribution in [-0.4, -0.2) is 30.8 Å². The van der Waals surface area contributed by atoms with Gasteiger partial charge in [0.15, 0.2) is 0 Å². The van der Waals surface area contributed by atoms with Gasteiger partial charge in [-0.15, -0.1) is 22.7 Å². The first-order valence-corrected chi connectivity index (χ1v) is 43.3. The van der Waals surface area contributed by atoms with Gasteiger partial charge in [0.1, 0.15) is 11.5 Å². The molecule has 10 heterocycles. The summed E-state index contributed by atoms with van der Waals surface area (Å²) < 4.78 is 20.4. The standard InChI is InChI=1S/C101H94N4O6S2/c1-7-13-17-27-55-101(56-28-18-14-8-2)75-57-65(81-51-53-83(112-81)91-89-73-33-21-25-37-79(73)102-95(89)93-87(71-31-19-23-35-77(71)104(93)99(91)108)85(97(102)106)63-39-45-67(46-40-63)110-59-61(11-5)29-15-9-3)43-49-69(75)70-50-44-66(58-76(70)101)82-52-54-84(113-82)92-90-74-34-22-26-38-80(74)103-96(90)94-88(72-32-20-24-36-78(72)105(94)100(92)109)86(98(103)107)64-41-47-68(48-42-64)111-60-62(12-6)30-16-10-4/h19-26,31-54,57-58,61-62H,7-18,27-30,55-56,59-60H2,1-6H3. The number of hydrogen-bond donors (Lipinski definition) is 0. The van der Waals surface area contributed by atoms with Gasteiger partial charge in [-0.1, -0.05) is 253 Å². The normalized spacial score (nSPS) is 13.5. The highest BCUT2D eigenvalue weighted by Gasteiger charge is 2.43. The molecule has 0 N–H and O–H groups in total. The number of nitrogens with zero attached hydrogens (tertiary/aromatic N) is 4. The minimum atomic E-state index is -0.294. The Hall–Kier alpha value is -10.9. The second-order valence-corrected chi connectivity index (χ2v) is 34.2. The number of rotatable bonds is 30. The molecule has 2 atom stereocenters. The highest BCUT2D eigenvalue weighted by Crippen LogP contribution is 2.57. The first-order valence-electron chi connectivity index (χ1n) is 41.7. The van der Waals surface area contributed by atoms with Crippen molar-refractivity contribution in [2.45, 2.75) is 163 Å². The maximum atomic E-state index is 16.2. The van der Waals surface area contributed by atoms with Gasteiger partial charge in [-0.25, -0.2) is 0 Å². The molecule has 0 bridgehead atoms. The number of pyridine rings is 4. The molecule has 1 aliphatic rings. The van der Waals surface area contributed by atoms with E-state index in [-0.39, 0.29) is 27.7 Å². The summed E-state index contributed by atoms with van der Waals surface area (Å²) in [5.41, 5.74) is 16.8. The van der Waals surface area contributed by atoms with Gasteiger partial charge in [-0.3, -0.25) is 36.8 Å². The molecule has 0 saturated heterocycles. The lowest BCUT2D eigenvalue weighted by atomic mass is 9.70. The van der Waals surface area contributed by atoms with E-state index in [2.05, 4.69) is 126 Å². The number of aromatic nitrogens is 4. The maximum Gasteiger partial charge on any atom is 0.265 e. The molecule has 0 radical (unpaired) electrons. The molecule has 0 aliphatic heterocycles. The SMILES string of the molecule is CCCCCCC1(CCCCCC)c2cc(-c3ccc(-c4c(=O)n5c6ccccc6c6c(-c7ccc(OCC(CC)CCCC)cc7)c(=O)n7c8ccccc8c4c7c65)s3)ccc2-c2ccc(-c3ccc(-c4c(=O)n5c6ccccc6c6c(-c7ccc(OCC(CC)CCCC)cc7)c(=O)n7c8ccccc8c4c7c65)s3)cc21. The van der Waals surface area contributed by atoms with Crippen LogP contribution >= 0.6 is 22.7 Å². The number of para-hydroxylation sites is 4. The smallest absolute Gasteiger partial charge is 0.265 e. The van der Waals surface area contributed by atoms with Crippen molar-refractivity contribution in [3.8, 4) is 86.6 Å². The fourth-order valence-corrected chi connectivity index (χ4v) is 21.8. The number of hydrogen-bond acceptors (Lipinski definition) is 8. The van der Waals surface area contributed by atoms with Crippen molar-refractivity contribution < 1.29 is 9.47 Å². The highest BCUT2D eigenvalue weighted by molar-refractivity contribution is 7.19. The number of unbranched alkanes of at least 4 members (excludes halogenated alkanes) is 8. The molecule has 1 aliphatic carbocycles. The first-order chi connectivity index (χ1) is 55.5. The molecule has 18 aromatic rings. The minimum absolute atomic E-state index is 0.108. The van der Waals surface area contributed by atoms with Gasteiger partial charge in [-0.05, 0) is 167 Å². The lowest BCUT2D eigenvalue weighted by molar-refractivity contribution is 0.233. The summed E-state index contributed by atoms with van der Waals surface area (Å²) in [5.74, 6) is 2.52. The van der Waals surface area contributed by atoms with Crippen molar-refractivity contribution in [3.05, 3.63) is 259 Å². The van der Waals surface area contributed by atoms with Crippen molar-refractivity contribution in [1.29, 1.82) is 0 Å². The third-order valence-corrected chi connectivity index (χ3v) is 27.8. The number of thiophene rings is 2. The zero-order chi connectivity index (χ0) is 76.9. The van der Waals surface area contributed by atoms with Crippen LogP contribution in [-0.2, 0) is 5.41 Å². The molecule has 0 saturated carbocycles. The lowest BCUT2D eigenvalue weighted by Gasteiger charge is -2.33. The van der Waals surface area contributed by atoms with Crippen LogP contribution in [0.5, 0.6) is 11.5 Å². The average Bonchev–Trinajstić information content (AvgIpc) is 1.52. The summed E-state index contributed by atoms with van der Waals surface area (Å²) in [6.45, 7) is 14.8. The summed E-state index contributed by atoms with van der Waals surface area (Å²) in [5, 5.41) is 6.63. The van der Waals surface area contributed by atoms with Crippen molar-refractivity contribution in [2.24, 2.45) is 11.8 Å². The molecular formula is C101H94N4O6S2. The molecule has 566 valence electrons. The number of fused-ring (bicyclic) bond motifs is 15. The largest absolute Gasteiger partial charge is 0.493 e. The third-order valence-electron chi connectivity index (χ3n) is 25.5. The van der Waals surface area contributed by atoms with E-state index >= 15 is 19.2 Å². The van der Waals surface area contributed by atoms with Gasteiger partial charge < -0.3 is 9.47 Å². The first kappa shape index (κ1) is 72.3. The Kier molecular flexibility index (Phi) is 18.9. The van der Waals surface area contributed by atoms with Gasteiger partial charge in [0.05, 0.1) is 79.6 Å². The van der Waals surface area contributed by atoms with E-state index < -0.39 is 0 Å². The predicted octanol–water partition coefficient (Wildman–Crippen LogP) is 26.3. The van der Waals surface area contributed by atoms with Crippen LogP contribution in [0.1, 0.15) is 168 Å². The van der Waals surface area contributed by atoms with Gasteiger partial charge in [-0.2, -0.15) is 0 Å². The summed E-state index contributed by atoms with van der Waals surface area (Å²) in [7, 11) is 0. The van der Waals surface area contributed by atoms with Gasteiger partial charge in [0, 0.05) is 68.0 Å². The molecule has 0 amide bonds. The molecule has 0 spiro atoms. The van der Waals surface area contributed by atoms with Crippen LogP contribution < -0.4 is 31.7 Å². The van der Waals surface area contributed by atoms with E-state index in [1.807, 2.05) is 139 Å². The second kappa shape index (κ2) is 29.6. The quantitative estimate of drug-likeness (QED) is 0.0416. The van der Waals surface area contributed by atoms with Crippen LogP contribution in [0.4, 0.5) is 0 Å². The summed E-state index contributed by atoms with van der Waals surface area (Å²) in [6, 6.07) is 71.4. The molecule has 19 rings (SSSR count). The summed E-state index contributed by atoms with van der Waals surface area (Å²) in [4.78, 5) is 67.9. The highest BCUT2D eigenvalue weighted by atomic mass is 32.1. The monoisotopic (exact) mass is 1520 g/mol. The molecular weight excluding hydrogens is 1430 g/mol. The Morgan fingerprint density at radius 3 is 0.991 bits per heavy atom. The minimum Gasteiger partial charge on any atom is -0.493 e. The van der Waals surface area contributed by atoms with Crippen molar-refractivity contribution in [1.82, 2.24) is 17.6 Å². The van der Waals surface area contributed by atoms with Crippen LogP contribution in [0, 0.1) is 11.8 Å². The summed E-state index contributed by atoms with van der Waals surface area (Å²) >= 11 is 3.31. The molecule has 10 aromatic heterocycles. The van der Waals surface area contributed by atoms with Gasteiger partial charge in [0.25, 0.3) is 22.2 Å². The Labute approximate surface area is 665 Å². The molecule has 2 unspecified atom stereocenters. The van der Waals surface area contributed by atoms with Crippen LogP contribution in [0.2, 0.25) is 0 Å². The second-order valence-electron chi connectivity index (χ2n) is 32.1.